The van der Waals surface area contributed by atoms with Crippen LogP contribution in [0, 0.1) is 0 Å². The standard InChI is InChI=1S/C13H19N3O3/c1-14-8-11-9-16(5-6-19-11)13(18)10-3-4-15(2)12(17)7-10/h3-4,7,11,14H,5-6,8-9H2,1-2H3. The summed E-state index contributed by atoms with van der Waals surface area (Å²) < 4.78 is 7.00. The Morgan fingerprint density at radius 1 is 1.58 bits per heavy atom. The minimum absolute atomic E-state index is 0.00856. The molecule has 0 spiro atoms. The zero-order chi connectivity index (χ0) is 13.8. The number of nitrogens with one attached hydrogen (secondary N) is 1. The highest BCUT2D eigenvalue weighted by Crippen LogP contribution is 2.09. The molecule has 0 aromatic carbocycles. The minimum Gasteiger partial charge on any atom is -0.373 e. The van der Waals surface area contributed by atoms with Crippen LogP contribution in [0.1, 0.15) is 10.4 Å². The lowest BCUT2D eigenvalue weighted by molar-refractivity contribution is -0.0196. The summed E-state index contributed by atoms with van der Waals surface area (Å²) >= 11 is 0. The largest absolute Gasteiger partial charge is 0.373 e. The maximum Gasteiger partial charge on any atom is 0.254 e. The molecule has 1 saturated heterocycles. The Bertz CT molecular complexity index is 510. The van der Waals surface area contributed by atoms with Crippen LogP contribution in [0.25, 0.3) is 0 Å². The molecule has 1 aliphatic rings. The third-order valence-electron chi connectivity index (χ3n) is 3.21. The van der Waals surface area contributed by atoms with Crippen molar-refractivity contribution in [2.24, 2.45) is 7.05 Å². The predicted molar refractivity (Wildman–Crippen MR) is 71.3 cm³/mol. The average molecular weight is 265 g/mol. The molecule has 1 amide bonds. The van der Waals surface area contributed by atoms with Crippen LogP contribution in [-0.2, 0) is 11.8 Å². The van der Waals surface area contributed by atoms with Crippen LogP contribution in [0.5, 0.6) is 0 Å². The lowest BCUT2D eigenvalue weighted by atomic mass is 10.2. The summed E-state index contributed by atoms with van der Waals surface area (Å²) in [6.45, 7) is 2.35. The van der Waals surface area contributed by atoms with Crippen molar-refractivity contribution >= 4 is 5.91 Å². The smallest absolute Gasteiger partial charge is 0.254 e. The highest BCUT2D eigenvalue weighted by molar-refractivity contribution is 5.94. The fourth-order valence-corrected chi connectivity index (χ4v) is 2.12. The number of aromatic nitrogens is 1. The van der Waals surface area contributed by atoms with Crippen LogP contribution in [0.3, 0.4) is 0 Å². The molecule has 104 valence electrons. The third-order valence-corrected chi connectivity index (χ3v) is 3.21. The van der Waals surface area contributed by atoms with Gasteiger partial charge in [0.15, 0.2) is 0 Å². The first kappa shape index (κ1) is 13.8. The first-order valence-electron chi connectivity index (χ1n) is 6.34. The van der Waals surface area contributed by atoms with Gasteiger partial charge in [-0.25, -0.2) is 0 Å². The molecule has 1 atom stereocenters. The third kappa shape index (κ3) is 3.21. The molecule has 0 bridgehead atoms. The second kappa shape index (κ2) is 5.99. The average Bonchev–Trinajstić information content (AvgIpc) is 2.42. The summed E-state index contributed by atoms with van der Waals surface area (Å²) in [5.41, 5.74) is 0.263. The van der Waals surface area contributed by atoms with Crippen molar-refractivity contribution in [3.8, 4) is 0 Å². The summed E-state index contributed by atoms with van der Waals surface area (Å²) in [5, 5.41) is 3.04. The molecule has 0 radical (unpaired) electrons. The summed E-state index contributed by atoms with van der Waals surface area (Å²) in [5.74, 6) is -0.109. The maximum absolute atomic E-state index is 12.3. The maximum atomic E-state index is 12.3. The van der Waals surface area contributed by atoms with Crippen LogP contribution in [-0.4, -0.2) is 54.8 Å². The van der Waals surface area contributed by atoms with E-state index in [1.165, 1.54) is 10.6 Å². The van der Waals surface area contributed by atoms with E-state index in [0.717, 1.165) is 0 Å². The molecule has 1 aliphatic heterocycles. The highest BCUT2D eigenvalue weighted by atomic mass is 16.5. The Morgan fingerprint density at radius 3 is 3.05 bits per heavy atom. The van der Waals surface area contributed by atoms with E-state index in [1.54, 1.807) is 24.2 Å². The highest BCUT2D eigenvalue weighted by Gasteiger charge is 2.24. The van der Waals surface area contributed by atoms with E-state index in [9.17, 15) is 9.59 Å². The van der Waals surface area contributed by atoms with Gasteiger partial charge in [-0.3, -0.25) is 9.59 Å². The van der Waals surface area contributed by atoms with Crippen molar-refractivity contribution in [3.63, 3.8) is 0 Å². The van der Waals surface area contributed by atoms with Gasteiger partial charge in [-0.1, -0.05) is 0 Å². The van der Waals surface area contributed by atoms with Gasteiger partial charge in [-0.05, 0) is 13.1 Å². The number of amides is 1. The summed E-state index contributed by atoms with van der Waals surface area (Å²) in [4.78, 5) is 25.6. The Kier molecular flexibility index (Phi) is 4.34. The monoisotopic (exact) mass is 265 g/mol. The number of likely N-dealkylation sites (N-methyl/N-ethyl adjacent to an activating group) is 1. The summed E-state index contributed by atoms with van der Waals surface area (Å²) in [6, 6.07) is 3.05. The van der Waals surface area contributed by atoms with Gasteiger partial charge in [0.1, 0.15) is 0 Å². The molecule has 2 heterocycles. The van der Waals surface area contributed by atoms with Gasteiger partial charge in [0, 0.05) is 44.5 Å². The number of ether oxygens (including phenoxy) is 1. The van der Waals surface area contributed by atoms with Crippen LogP contribution in [0.4, 0.5) is 0 Å². The number of nitrogens with zero attached hydrogens (tertiary/aromatic N) is 2. The van der Waals surface area contributed by atoms with Gasteiger partial charge in [0.05, 0.1) is 12.7 Å². The Balaban J connectivity index is 2.10. The SMILES string of the molecule is CNCC1CN(C(=O)c2ccn(C)c(=O)c2)CCO1. The molecule has 1 aromatic rings. The molecule has 1 unspecified atom stereocenters. The van der Waals surface area contributed by atoms with Crippen LogP contribution in [0.2, 0.25) is 0 Å². The van der Waals surface area contributed by atoms with Crippen LogP contribution in [0.15, 0.2) is 23.1 Å². The molecule has 1 fully saturated rings. The van der Waals surface area contributed by atoms with Gasteiger partial charge >= 0.3 is 0 Å². The quantitative estimate of drug-likeness (QED) is 0.796. The molecule has 1 aromatic heterocycles. The van der Waals surface area contributed by atoms with E-state index in [2.05, 4.69) is 5.32 Å². The summed E-state index contributed by atoms with van der Waals surface area (Å²) in [7, 11) is 3.51. The van der Waals surface area contributed by atoms with Crippen molar-refractivity contribution in [3.05, 3.63) is 34.2 Å². The fraction of sp³-hybridized carbons (Fsp3) is 0.538. The molecular weight excluding hydrogens is 246 g/mol. The number of carbonyl (C=O) groups excluding carboxylic acids is 1. The topological polar surface area (TPSA) is 63.6 Å². The Hall–Kier alpha value is -1.66. The second-order valence-corrected chi connectivity index (χ2v) is 4.67. The van der Waals surface area contributed by atoms with Crippen molar-refractivity contribution in [1.29, 1.82) is 0 Å². The normalized spacial score (nSPS) is 19.5. The molecule has 6 nitrogen and oxygen atoms in total. The number of carbonyl (C=O) groups is 1. The number of hydrogen-bond donors (Lipinski definition) is 1. The number of rotatable bonds is 3. The molecule has 1 N–H and O–H groups in total. The van der Waals surface area contributed by atoms with Crippen molar-refractivity contribution in [1.82, 2.24) is 14.8 Å². The van der Waals surface area contributed by atoms with E-state index in [0.29, 0.717) is 31.8 Å². The lowest BCUT2D eigenvalue weighted by Gasteiger charge is -2.33. The van der Waals surface area contributed by atoms with E-state index in [1.807, 2.05) is 7.05 Å². The lowest BCUT2D eigenvalue weighted by Crippen LogP contribution is -2.48. The summed E-state index contributed by atoms with van der Waals surface area (Å²) in [6.07, 6.45) is 1.62. The van der Waals surface area contributed by atoms with Crippen LogP contribution >= 0.6 is 0 Å². The van der Waals surface area contributed by atoms with Crippen LogP contribution < -0.4 is 10.9 Å². The van der Waals surface area contributed by atoms with Gasteiger partial charge in [0.2, 0.25) is 0 Å². The number of aryl methyl sites for hydroxylation is 1. The Morgan fingerprint density at radius 2 is 2.37 bits per heavy atom. The number of morpholine rings is 1. The first-order valence-corrected chi connectivity index (χ1v) is 6.34. The molecule has 0 saturated carbocycles. The second-order valence-electron chi connectivity index (χ2n) is 4.67. The zero-order valence-electron chi connectivity index (χ0n) is 11.3. The van der Waals surface area contributed by atoms with E-state index >= 15 is 0 Å². The number of hydrogen-bond acceptors (Lipinski definition) is 4. The van der Waals surface area contributed by atoms with Gasteiger partial charge in [-0.15, -0.1) is 0 Å². The van der Waals surface area contributed by atoms with Crippen molar-refractivity contribution < 1.29 is 9.53 Å². The molecule has 6 heteroatoms. The van der Waals surface area contributed by atoms with E-state index in [-0.39, 0.29) is 17.6 Å². The van der Waals surface area contributed by atoms with E-state index < -0.39 is 0 Å². The van der Waals surface area contributed by atoms with E-state index in [4.69, 9.17) is 4.74 Å². The molecule has 19 heavy (non-hydrogen) atoms. The van der Waals surface area contributed by atoms with Crippen molar-refractivity contribution in [2.75, 3.05) is 33.3 Å². The zero-order valence-corrected chi connectivity index (χ0v) is 11.3. The fourth-order valence-electron chi connectivity index (χ4n) is 2.12. The van der Waals surface area contributed by atoms with Gasteiger partial charge in [0.25, 0.3) is 11.5 Å². The predicted octanol–water partition coefficient (Wildman–Crippen LogP) is -0.554. The number of pyridine rings is 1. The first-order chi connectivity index (χ1) is 9.11. The minimum atomic E-state index is -0.175. The Labute approximate surface area is 112 Å². The van der Waals surface area contributed by atoms with Gasteiger partial charge in [-0.2, -0.15) is 0 Å². The molecule has 2 rings (SSSR count). The molecule has 0 aliphatic carbocycles. The molecular formula is C13H19N3O3. The van der Waals surface area contributed by atoms with Gasteiger partial charge < -0.3 is 19.5 Å². The van der Waals surface area contributed by atoms with Crippen molar-refractivity contribution in [2.45, 2.75) is 6.10 Å².